The number of nitrogens with zero attached hydrogens (tertiary/aromatic N) is 1. The van der Waals surface area contributed by atoms with Crippen molar-refractivity contribution in [2.24, 2.45) is 5.73 Å². The van der Waals surface area contributed by atoms with Gasteiger partial charge >= 0.3 is 6.03 Å². The minimum absolute atomic E-state index is 0.00685. The number of urea groups is 1. The van der Waals surface area contributed by atoms with Crippen molar-refractivity contribution in [1.82, 2.24) is 5.32 Å². The van der Waals surface area contributed by atoms with Crippen LogP contribution in [0.3, 0.4) is 0 Å². The van der Waals surface area contributed by atoms with E-state index >= 15 is 0 Å². The number of hydrogen-bond donors (Lipinski definition) is 2. The van der Waals surface area contributed by atoms with Gasteiger partial charge in [-0.2, -0.15) is 5.26 Å². The standard InChI is InChI=1S/C16H18BrN3O4/c1-4-9(2)24-14-12(17)6-10(7-13(14)23-3)5-11(8-18)15(21)20-16(19)22/h5-7,9H,4H2,1-3H3,(H3,19,20,21,22)/b11-5-/t9-/m0/s1. The molecule has 7 nitrogen and oxygen atoms in total. The van der Waals surface area contributed by atoms with Crippen LogP contribution in [0.15, 0.2) is 22.2 Å². The first-order valence-corrected chi connectivity index (χ1v) is 7.88. The zero-order valence-corrected chi connectivity index (χ0v) is 15.1. The van der Waals surface area contributed by atoms with E-state index in [4.69, 9.17) is 20.5 Å². The van der Waals surface area contributed by atoms with E-state index in [-0.39, 0.29) is 11.7 Å². The van der Waals surface area contributed by atoms with Crippen LogP contribution in [0, 0.1) is 11.3 Å². The number of nitrogens with one attached hydrogen (secondary N) is 1. The van der Waals surface area contributed by atoms with Crippen LogP contribution in [0.1, 0.15) is 25.8 Å². The number of imide groups is 1. The van der Waals surface area contributed by atoms with Crippen molar-refractivity contribution in [1.29, 1.82) is 5.26 Å². The molecule has 24 heavy (non-hydrogen) atoms. The zero-order valence-electron chi connectivity index (χ0n) is 13.6. The Hall–Kier alpha value is -2.53. The average Bonchev–Trinajstić information content (AvgIpc) is 2.53. The van der Waals surface area contributed by atoms with Gasteiger partial charge in [0.1, 0.15) is 11.6 Å². The Bertz CT molecular complexity index is 710. The number of carbonyl (C=O) groups excluding carboxylic acids is 2. The molecule has 3 amide bonds. The highest BCUT2D eigenvalue weighted by Gasteiger charge is 2.16. The minimum atomic E-state index is -1.03. The van der Waals surface area contributed by atoms with E-state index in [1.54, 1.807) is 18.2 Å². The molecular weight excluding hydrogens is 378 g/mol. The van der Waals surface area contributed by atoms with Gasteiger partial charge in [-0.05, 0) is 53.0 Å². The van der Waals surface area contributed by atoms with Crippen molar-refractivity contribution in [3.63, 3.8) is 0 Å². The molecule has 128 valence electrons. The second-order valence-corrected chi connectivity index (χ2v) is 5.71. The molecule has 1 atom stereocenters. The van der Waals surface area contributed by atoms with E-state index in [1.165, 1.54) is 13.2 Å². The molecule has 0 saturated heterocycles. The normalized spacial score (nSPS) is 12.0. The molecule has 3 N–H and O–H groups in total. The lowest BCUT2D eigenvalue weighted by Crippen LogP contribution is -2.35. The Balaban J connectivity index is 3.24. The van der Waals surface area contributed by atoms with Gasteiger partial charge in [0.2, 0.25) is 0 Å². The Morgan fingerprint density at radius 3 is 2.67 bits per heavy atom. The second kappa shape index (κ2) is 8.93. The molecule has 0 unspecified atom stereocenters. The number of benzene rings is 1. The predicted octanol–water partition coefficient (Wildman–Crippen LogP) is 2.74. The third-order valence-corrected chi connectivity index (χ3v) is 3.65. The van der Waals surface area contributed by atoms with Crippen molar-refractivity contribution < 1.29 is 19.1 Å². The number of primary amides is 1. The van der Waals surface area contributed by atoms with Crippen LogP contribution in [0.2, 0.25) is 0 Å². The van der Waals surface area contributed by atoms with Gasteiger partial charge in [0, 0.05) is 0 Å². The van der Waals surface area contributed by atoms with Crippen LogP contribution in [-0.4, -0.2) is 25.2 Å². The highest BCUT2D eigenvalue weighted by Crippen LogP contribution is 2.38. The maximum Gasteiger partial charge on any atom is 0.319 e. The van der Waals surface area contributed by atoms with Gasteiger partial charge in [-0.25, -0.2) is 4.79 Å². The molecule has 0 aliphatic rings. The zero-order chi connectivity index (χ0) is 18.3. The van der Waals surface area contributed by atoms with E-state index in [0.717, 1.165) is 6.42 Å². The largest absolute Gasteiger partial charge is 0.493 e. The summed E-state index contributed by atoms with van der Waals surface area (Å²) in [5, 5.41) is 10.9. The monoisotopic (exact) mass is 395 g/mol. The highest BCUT2D eigenvalue weighted by molar-refractivity contribution is 9.10. The van der Waals surface area contributed by atoms with Crippen LogP contribution in [0.5, 0.6) is 11.5 Å². The first kappa shape index (κ1) is 19.5. The fourth-order valence-corrected chi connectivity index (χ4v) is 2.27. The van der Waals surface area contributed by atoms with Crippen LogP contribution in [0.4, 0.5) is 4.79 Å². The van der Waals surface area contributed by atoms with Gasteiger partial charge in [-0.15, -0.1) is 0 Å². The number of ether oxygens (including phenoxy) is 2. The summed E-state index contributed by atoms with van der Waals surface area (Å²) in [5.74, 6) is 0.104. The molecule has 0 saturated carbocycles. The Morgan fingerprint density at radius 2 is 2.17 bits per heavy atom. The molecule has 0 spiro atoms. The third kappa shape index (κ3) is 5.28. The fourth-order valence-electron chi connectivity index (χ4n) is 1.72. The quantitative estimate of drug-likeness (QED) is 0.567. The van der Waals surface area contributed by atoms with Crippen LogP contribution >= 0.6 is 15.9 Å². The van der Waals surface area contributed by atoms with Gasteiger partial charge < -0.3 is 15.2 Å². The number of amides is 3. The predicted molar refractivity (Wildman–Crippen MR) is 92.4 cm³/mol. The van der Waals surface area contributed by atoms with E-state index in [1.807, 2.05) is 19.2 Å². The molecule has 0 radical (unpaired) electrons. The van der Waals surface area contributed by atoms with E-state index in [0.29, 0.717) is 21.5 Å². The van der Waals surface area contributed by atoms with Crippen LogP contribution < -0.4 is 20.5 Å². The average molecular weight is 396 g/mol. The molecule has 0 aliphatic carbocycles. The SMILES string of the molecule is CC[C@H](C)Oc1c(Br)cc(/C=C(/C#N)C(=O)NC(N)=O)cc1OC. The number of rotatable bonds is 6. The summed E-state index contributed by atoms with van der Waals surface area (Å²) in [4.78, 5) is 22.4. The van der Waals surface area contributed by atoms with Gasteiger partial charge in [0.05, 0.1) is 17.7 Å². The Kier molecular flexibility index (Phi) is 7.27. The summed E-state index contributed by atoms with van der Waals surface area (Å²) in [7, 11) is 1.49. The molecule has 0 heterocycles. The van der Waals surface area contributed by atoms with Crippen molar-refractivity contribution in [3.05, 3.63) is 27.7 Å². The maximum atomic E-state index is 11.7. The first-order chi connectivity index (χ1) is 11.3. The van der Waals surface area contributed by atoms with Gasteiger partial charge in [-0.3, -0.25) is 10.1 Å². The molecule has 0 fully saturated rings. The van der Waals surface area contributed by atoms with Gasteiger partial charge in [0.25, 0.3) is 5.91 Å². The summed E-state index contributed by atoms with van der Waals surface area (Å²) >= 11 is 3.39. The van der Waals surface area contributed by atoms with Crippen molar-refractivity contribution >= 4 is 33.9 Å². The lowest BCUT2D eigenvalue weighted by molar-refractivity contribution is -0.115. The minimum Gasteiger partial charge on any atom is -0.493 e. The highest BCUT2D eigenvalue weighted by atomic mass is 79.9. The van der Waals surface area contributed by atoms with E-state index in [2.05, 4.69) is 15.9 Å². The number of halogens is 1. The summed E-state index contributed by atoms with van der Waals surface area (Å²) < 4.78 is 11.7. The van der Waals surface area contributed by atoms with Crippen LogP contribution in [0.25, 0.3) is 6.08 Å². The number of carbonyl (C=O) groups is 2. The van der Waals surface area contributed by atoms with E-state index in [9.17, 15) is 9.59 Å². The number of hydrogen-bond acceptors (Lipinski definition) is 5. The maximum absolute atomic E-state index is 11.7. The Labute approximate surface area is 148 Å². The lowest BCUT2D eigenvalue weighted by Gasteiger charge is -2.17. The number of nitriles is 1. The second-order valence-electron chi connectivity index (χ2n) is 4.86. The summed E-state index contributed by atoms with van der Waals surface area (Å²) in [5.41, 5.74) is 5.13. The van der Waals surface area contributed by atoms with Gasteiger partial charge in [-0.1, -0.05) is 6.92 Å². The smallest absolute Gasteiger partial charge is 0.319 e. The fraction of sp³-hybridized carbons (Fsp3) is 0.312. The van der Waals surface area contributed by atoms with Crippen molar-refractivity contribution in [3.8, 4) is 17.6 Å². The van der Waals surface area contributed by atoms with Crippen molar-refractivity contribution in [2.45, 2.75) is 26.4 Å². The summed E-state index contributed by atoms with van der Waals surface area (Å²) in [6.07, 6.45) is 2.13. The summed E-state index contributed by atoms with van der Waals surface area (Å²) in [6.45, 7) is 3.93. The molecule has 1 aromatic rings. The molecule has 1 rings (SSSR count). The van der Waals surface area contributed by atoms with E-state index < -0.39 is 11.9 Å². The van der Waals surface area contributed by atoms with Crippen molar-refractivity contribution in [2.75, 3.05) is 7.11 Å². The molecule has 0 aliphatic heterocycles. The molecular formula is C16H18BrN3O4. The summed E-state index contributed by atoms with van der Waals surface area (Å²) in [6, 6.07) is 3.99. The molecule has 0 bridgehead atoms. The molecule has 8 heteroatoms. The lowest BCUT2D eigenvalue weighted by atomic mass is 10.1. The Morgan fingerprint density at radius 1 is 1.50 bits per heavy atom. The number of nitrogens with two attached hydrogens (primary N) is 1. The third-order valence-electron chi connectivity index (χ3n) is 3.06. The topological polar surface area (TPSA) is 114 Å². The molecule has 1 aromatic carbocycles. The van der Waals surface area contributed by atoms with Gasteiger partial charge in [0.15, 0.2) is 11.5 Å². The molecule has 0 aromatic heterocycles. The van der Waals surface area contributed by atoms with Crippen LogP contribution in [-0.2, 0) is 4.79 Å². The number of methoxy groups -OCH3 is 1. The first-order valence-electron chi connectivity index (χ1n) is 7.09.